The molecule has 8 nitrogen and oxygen atoms in total. The van der Waals surface area contributed by atoms with Gasteiger partial charge in [0, 0.05) is 30.2 Å². The van der Waals surface area contributed by atoms with E-state index >= 15 is 0 Å². The van der Waals surface area contributed by atoms with Crippen LogP contribution in [0.15, 0.2) is 0 Å². The highest BCUT2D eigenvalue weighted by Gasteiger charge is 2.55. The van der Waals surface area contributed by atoms with Crippen molar-refractivity contribution in [2.24, 2.45) is 23.2 Å². The molecular formula is C21H31NO7. The molecule has 0 spiro atoms. The highest BCUT2D eigenvalue weighted by atomic mass is 16.4. The zero-order valence-electron chi connectivity index (χ0n) is 16.7. The molecule has 8 heteroatoms. The molecule has 4 aliphatic carbocycles. The summed E-state index contributed by atoms with van der Waals surface area (Å²) >= 11 is 0. The molecule has 0 aromatic carbocycles. The first-order valence-corrected chi connectivity index (χ1v) is 10.6. The summed E-state index contributed by atoms with van der Waals surface area (Å²) in [6, 6.07) is 0. The van der Waals surface area contributed by atoms with E-state index in [2.05, 4.69) is 5.32 Å². The Balaban J connectivity index is 1.81. The van der Waals surface area contributed by atoms with Crippen LogP contribution in [0.3, 0.4) is 0 Å². The number of carbonyl (C=O) groups is 4. The average Bonchev–Trinajstić information content (AvgIpc) is 2.61. The molecule has 0 heterocycles. The number of amides is 1. The maximum Gasteiger partial charge on any atom is 0.303 e. The van der Waals surface area contributed by atoms with Crippen LogP contribution in [-0.4, -0.2) is 44.7 Å². The first kappa shape index (κ1) is 21.6. The van der Waals surface area contributed by atoms with E-state index in [4.69, 9.17) is 15.3 Å². The molecule has 162 valence electrons. The van der Waals surface area contributed by atoms with Gasteiger partial charge in [-0.3, -0.25) is 19.2 Å². The Labute approximate surface area is 170 Å². The molecule has 4 rings (SSSR count). The van der Waals surface area contributed by atoms with Crippen molar-refractivity contribution in [1.82, 2.24) is 5.32 Å². The van der Waals surface area contributed by atoms with Gasteiger partial charge in [0.2, 0.25) is 5.91 Å². The summed E-state index contributed by atoms with van der Waals surface area (Å²) in [5.74, 6) is -1.62. The van der Waals surface area contributed by atoms with Gasteiger partial charge in [0.15, 0.2) is 0 Å². The molecule has 0 aliphatic heterocycles. The van der Waals surface area contributed by atoms with Crippen molar-refractivity contribution in [2.75, 3.05) is 0 Å². The highest BCUT2D eigenvalue weighted by molar-refractivity contribution is 5.84. The van der Waals surface area contributed by atoms with Crippen LogP contribution >= 0.6 is 0 Å². The van der Waals surface area contributed by atoms with Crippen molar-refractivity contribution in [3.8, 4) is 0 Å². The first-order chi connectivity index (χ1) is 13.6. The minimum Gasteiger partial charge on any atom is -0.481 e. The van der Waals surface area contributed by atoms with E-state index in [0.29, 0.717) is 17.8 Å². The van der Waals surface area contributed by atoms with E-state index < -0.39 is 28.9 Å². The number of rotatable bonds is 11. The smallest absolute Gasteiger partial charge is 0.303 e. The second-order valence-electron chi connectivity index (χ2n) is 9.61. The lowest BCUT2D eigenvalue weighted by Crippen LogP contribution is -2.59. The molecule has 4 bridgehead atoms. The van der Waals surface area contributed by atoms with Gasteiger partial charge in [0.05, 0.1) is 0 Å². The predicted molar refractivity (Wildman–Crippen MR) is 102 cm³/mol. The molecular weight excluding hydrogens is 378 g/mol. The molecule has 0 unspecified atom stereocenters. The number of hydrogen-bond donors (Lipinski definition) is 4. The van der Waals surface area contributed by atoms with Gasteiger partial charge in [-0.15, -0.1) is 0 Å². The highest BCUT2D eigenvalue weighted by Crippen LogP contribution is 2.60. The van der Waals surface area contributed by atoms with Crippen molar-refractivity contribution in [3.05, 3.63) is 0 Å². The van der Waals surface area contributed by atoms with Crippen LogP contribution in [0.25, 0.3) is 0 Å². The lowest BCUT2D eigenvalue weighted by molar-refractivity contribution is -0.150. The van der Waals surface area contributed by atoms with E-state index in [1.165, 1.54) is 19.3 Å². The normalized spacial score (nSPS) is 30.1. The van der Waals surface area contributed by atoms with Gasteiger partial charge in [-0.05, 0) is 75.5 Å². The Morgan fingerprint density at radius 2 is 1.07 bits per heavy atom. The summed E-state index contributed by atoms with van der Waals surface area (Å²) in [4.78, 5) is 47.0. The van der Waals surface area contributed by atoms with Crippen LogP contribution in [0.2, 0.25) is 0 Å². The predicted octanol–water partition coefficient (Wildman–Crippen LogP) is 2.65. The minimum absolute atomic E-state index is 0.0288. The summed E-state index contributed by atoms with van der Waals surface area (Å²) in [7, 11) is 0. The van der Waals surface area contributed by atoms with E-state index in [-0.39, 0.29) is 44.4 Å². The van der Waals surface area contributed by atoms with E-state index in [1.807, 2.05) is 0 Å². The van der Waals surface area contributed by atoms with Crippen LogP contribution < -0.4 is 5.32 Å². The fraction of sp³-hybridized carbons (Fsp3) is 0.810. The van der Waals surface area contributed by atoms with E-state index in [9.17, 15) is 19.2 Å². The summed E-state index contributed by atoms with van der Waals surface area (Å²) in [5.41, 5.74) is -1.59. The van der Waals surface area contributed by atoms with Crippen molar-refractivity contribution < 1.29 is 34.5 Å². The number of hydrogen-bond acceptors (Lipinski definition) is 4. The Kier molecular flexibility index (Phi) is 6.19. The minimum atomic E-state index is -1.13. The van der Waals surface area contributed by atoms with Crippen LogP contribution in [0, 0.1) is 23.2 Å². The zero-order valence-corrected chi connectivity index (χ0v) is 16.7. The number of nitrogens with one attached hydrogen (secondary N) is 1. The van der Waals surface area contributed by atoms with Gasteiger partial charge >= 0.3 is 17.9 Å². The first-order valence-electron chi connectivity index (χ1n) is 10.6. The molecule has 0 aromatic heterocycles. The topological polar surface area (TPSA) is 141 Å². The molecule has 4 N–H and O–H groups in total. The lowest BCUT2D eigenvalue weighted by Gasteiger charge is -2.56. The summed E-state index contributed by atoms with van der Waals surface area (Å²) in [6.07, 6.45) is 5.36. The molecule has 4 aliphatic rings. The molecule has 4 saturated carbocycles. The quantitative estimate of drug-likeness (QED) is 0.411. The number of carboxylic acid groups (broad SMARTS) is 3. The second-order valence-corrected chi connectivity index (χ2v) is 9.61. The van der Waals surface area contributed by atoms with E-state index in [1.54, 1.807) is 0 Å². The van der Waals surface area contributed by atoms with Gasteiger partial charge in [-0.2, -0.15) is 0 Å². The fourth-order valence-electron chi connectivity index (χ4n) is 6.36. The van der Waals surface area contributed by atoms with Crippen LogP contribution in [0.1, 0.15) is 77.0 Å². The van der Waals surface area contributed by atoms with Crippen molar-refractivity contribution in [3.63, 3.8) is 0 Å². The second kappa shape index (κ2) is 8.32. The van der Waals surface area contributed by atoms with Crippen LogP contribution in [-0.2, 0) is 19.2 Å². The van der Waals surface area contributed by atoms with Gasteiger partial charge < -0.3 is 20.6 Å². The zero-order chi connectivity index (χ0) is 21.2. The Hall–Kier alpha value is -2.12. The lowest BCUT2D eigenvalue weighted by atomic mass is 9.49. The molecule has 0 saturated heterocycles. The summed E-state index contributed by atoms with van der Waals surface area (Å²) in [6.45, 7) is 0. The number of carbonyl (C=O) groups excluding carboxylic acids is 1. The Morgan fingerprint density at radius 3 is 1.38 bits per heavy atom. The summed E-state index contributed by atoms with van der Waals surface area (Å²) < 4.78 is 0. The van der Waals surface area contributed by atoms with Gasteiger partial charge in [-0.25, -0.2) is 0 Å². The molecule has 0 atom stereocenters. The van der Waals surface area contributed by atoms with Crippen LogP contribution in [0.5, 0.6) is 0 Å². The molecule has 0 radical (unpaired) electrons. The molecule has 4 fully saturated rings. The van der Waals surface area contributed by atoms with Crippen molar-refractivity contribution in [1.29, 1.82) is 0 Å². The monoisotopic (exact) mass is 409 g/mol. The fourth-order valence-corrected chi connectivity index (χ4v) is 6.36. The van der Waals surface area contributed by atoms with Crippen molar-refractivity contribution in [2.45, 2.75) is 82.6 Å². The van der Waals surface area contributed by atoms with Gasteiger partial charge in [-0.1, -0.05) is 0 Å². The van der Waals surface area contributed by atoms with Gasteiger partial charge in [0.1, 0.15) is 0 Å². The Bertz CT molecular complexity index is 606. The van der Waals surface area contributed by atoms with Crippen LogP contribution in [0.4, 0.5) is 0 Å². The van der Waals surface area contributed by atoms with Crippen molar-refractivity contribution >= 4 is 23.8 Å². The molecule has 29 heavy (non-hydrogen) atoms. The third-order valence-corrected chi connectivity index (χ3v) is 7.35. The Morgan fingerprint density at radius 1 is 0.724 bits per heavy atom. The maximum atomic E-state index is 13.5. The number of aliphatic carboxylic acids is 3. The van der Waals surface area contributed by atoms with E-state index in [0.717, 1.165) is 19.3 Å². The number of carboxylic acids is 3. The third kappa shape index (κ3) is 5.08. The van der Waals surface area contributed by atoms with Gasteiger partial charge in [0.25, 0.3) is 0 Å². The molecule has 0 aromatic rings. The maximum absolute atomic E-state index is 13.5. The molecule has 1 amide bonds. The SMILES string of the molecule is O=C(O)CCC(CCC(=O)O)(CCC(=O)O)NC(=O)C12CC3CC(CC(C3)C1)C2. The standard InChI is InChI=1S/C21H31NO7/c23-16(24)1-4-21(5-2-17(25)26,6-3-18(27)28)22-19(29)20-10-13-7-14(11-20)9-15(8-13)12-20/h13-15H,1-12H2,(H,22,29)(H,23,24)(H,25,26)(H,27,28). The summed E-state index contributed by atoms with van der Waals surface area (Å²) in [5, 5.41) is 30.5. The largest absolute Gasteiger partial charge is 0.481 e. The third-order valence-electron chi connectivity index (χ3n) is 7.35. The average molecular weight is 409 g/mol.